The maximum atomic E-state index is 13.3. The van der Waals surface area contributed by atoms with Gasteiger partial charge in [-0.05, 0) is 0 Å². The van der Waals surface area contributed by atoms with Crippen LogP contribution in [0, 0.1) is 0 Å². The Morgan fingerprint density at radius 2 is 1.24 bits per heavy atom. The summed E-state index contributed by atoms with van der Waals surface area (Å²) in [6.45, 7) is 0. The van der Waals surface area contributed by atoms with Crippen molar-refractivity contribution < 1.29 is 62.2 Å². The summed E-state index contributed by atoms with van der Waals surface area (Å²) in [5.74, 6) is -24.1. The van der Waals surface area contributed by atoms with E-state index < -0.39 is 42.0 Å². The van der Waals surface area contributed by atoms with Crippen molar-refractivity contribution >= 4 is 0 Å². The molecule has 1 heterocycles. The quantitative estimate of drug-likeness (QED) is 0.700. The van der Waals surface area contributed by atoms with Gasteiger partial charge in [0.15, 0.2) is 0 Å². The fourth-order valence-electron chi connectivity index (χ4n) is 1.09. The van der Waals surface area contributed by atoms with Crippen LogP contribution in [0.5, 0.6) is 0 Å². The lowest BCUT2D eigenvalue weighted by Crippen LogP contribution is -2.67. The predicted octanol–water partition coefficient (Wildman–Crippen LogP) is 4.19. The summed E-state index contributed by atoms with van der Waals surface area (Å²) < 4.78 is 154. The van der Waals surface area contributed by atoms with Crippen molar-refractivity contribution in [1.82, 2.24) is 0 Å². The molecule has 0 aromatic rings. The van der Waals surface area contributed by atoms with Gasteiger partial charge in [0.2, 0.25) is 0 Å². The molecule has 1 aliphatic heterocycles. The molecule has 0 bridgehead atoms. The van der Waals surface area contributed by atoms with E-state index in [-0.39, 0.29) is 0 Å². The van der Waals surface area contributed by atoms with E-state index in [4.69, 9.17) is 0 Å². The van der Waals surface area contributed by atoms with Gasteiger partial charge < -0.3 is 9.47 Å². The Hall–Kier alpha value is -1.50. The zero-order chi connectivity index (χ0) is 17.1. The normalized spacial score (nSPS) is 26.4. The Balaban J connectivity index is 3.46. The third kappa shape index (κ3) is 2.14. The van der Waals surface area contributed by atoms with Crippen LogP contribution in [0.25, 0.3) is 0 Å². The van der Waals surface area contributed by atoms with Crippen LogP contribution in [0.1, 0.15) is 0 Å². The van der Waals surface area contributed by atoms with E-state index in [0.717, 1.165) is 0 Å². The van der Waals surface area contributed by atoms with Crippen LogP contribution in [0.15, 0.2) is 12.0 Å². The van der Waals surface area contributed by atoms with Crippen LogP contribution >= 0.6 is 0 Å². The molecule has 14 heteroatoms. The lowest BCUT2D eigenvalue weighted by atomic mass is 10.0. The minimum atomic E-state index is -7.37. The van der Waals surface area contributed by atoms with Gasteiger partial charge in [0.25, 0.3) is 0 Å². The van der Waals surface area contributed by atoms with Crippen molar-refractivity contribution in [2.75, 3.05) is 0 Å². The predicted molar refractivity (Wildman–Crippen MR) is 36.1 cm³/mol. The highest BCUT2D eigenvalue weighted by molar-refractivity contribution is 5.10. The first kappa shape index (κ1) is 17.6. The van der Waals surface area contributed by atoms with Crippen LogP contribution in [-0.4, -0.2) is 30.0 Å². The van der Waals surface area contributed by atoms with Crippen LogP contribution in [0.4, 0.5) is 52.7 Å². The van der Waals surface area contributed by atoms with Gasteiger partial charge in [0.05, 0.1) is 0 Å². The zero-order valence-corrected chi connectivity index (χ0v) is 8.85. The van der Waals surface area contributed by atoms with Crippen molar-refractivity contribution in [2.24, 2.45) is 0 Å². The molecule has 0 spiro atoms. The Morgan fingerprint density at radius 1 is 0.810 bits per heavy atom. The van der Waals surface area contributed by atoms with E-state index in [2.05, 4.69) is 9.47 Å². The van der Waals surface area contributed by atoms with E-state index >= 15 is 0 Å². The summed E-state index contributed by atoms with van der Waals surface area (Å²) in [4.78, 5) is 0. The van der Waals surface area contributed by atoms with E-state index in [1.54, 1.807) is 0 Å². The Labute approximate surface area is 105 Å². The molecule has 1 fully saturated rings. The summed E-state index contributed by atoms with van der Waals surface area (Å²) >= 11 is 0. The second-order valence-electron chi connectivity index (χ2n) is 3.51. The first-order chi connectivity index (χ1) is 9.01. The topological polar surface area (TPSA) is 18.5 Å². The molecular formula is C7F12O2. The molecule has 1 rings (SSSR count). The Bertz CT molecular complexity index is 461. The molecule has 124 valence electrons. The molecule has 21 heavy (non-hydrogen) atoms. The molecule has 0 amide bonds. The fourth-order valence-corrected chi connectivity index (χ4v) is 1.09. The van der Waals surface area contributed by atoms with Crippen molar-refractivity contribution in [1.29, 1.82) is 0 Å². The number of rotatable bonds is 2. The van der Waals surface area contributed by atoms with E-state index in [9.17, 15) is 52.7 Å². The van der Waals surface area contributed by atoms with Crippen molar-refractivity contribution in [3.63, 3.8) is 0 Å². The molecule has 1 atom stereocenters. The molecule has 1 unspecified atom stereocenters. The number of halogens is 12. The number of hydrogen-bond donors (Lipinski definition) is 0. The molecule has 2 nitrogen and oxygen atoms in total. The molecule has 0 aliphatic carbocycles. The summed E-state index contributed by atoms with van der Waals surface area (Å²) in [5.41, 5.74) is 0. The Kier molecular flexibility index (Phi) is 3.55. The van der Waals surface area contributed by atoms with Crippen molar-refractivity contribution in [3.05, 3.63) is 12.0 Å². The van der Waals surface area contributed by atoms with Gasteiger partial charge in [-0.2, -0.15) is 52.7 Å². The first-order valence-electron chi connectivity index (χ1n) is 4.33. The second-order valence-corrected chi connectivity index (χ2v) is 3.51. The monoisotopic (exact) mass is 344 g/mol. The molecule has 0 N–H and O–H groups in total. The highest BCUT2D eigenvalue weighted by atomic mass is 19.4. The minimum absolute atomic E-state index is 2.53. The van der Waals surface area contributed by atoms with E-state index in [1.165, 1.54) is 0 Å². The fraction of sp³-hybridized carbons (Fsp3) is 0.714. The Morgan fingerprint density at radius 3 is 1.52 bits per heavy atom. The smallest absolute Gasteiger partial charge is 0.409 e. The number of alkyl halides is 10. The zero-order valence-electron chi connectivity index (χ0n) is 8.85. The molecule has 0 radical (unpaired) electrons. The van der Waals surface area contributed by atoms with Gasteiger partial charge in [-0.1, -0.05) is 0 Å². The van der Waals surface area contributed by atoms with Gasteiger partial charge in [0.1, 0.15) is 0 Å². The van der Waals surface area contributed by atoms with E-state index in [1.807, 2.05) is 0 Å². The number of ether oxygens (including phenoxy) is 2. The highest BCUT2D eigenvalue weighted by Crippen LogP contribution is 2.60. The van der Waals surface area contributed by atoms with Gasteiger partial charge >= 0.3 is 42.0 Å². The average molecular weight is 344 g/mol. The molecule has 1 saturated heterocycles. The van der Waals surface area contributed by atoms with E-state index in [0.29, 0.717) is 0 Å². The van der Waals surface area contributed by atoms with Crippen LogP contribution in [0.3, 0.4) is 0 Å². The molecule has 0 aromatic carbocycles. The first-order valence-corrected chi connectivity index (χ1v) is 4.33. The van der Waals surface area contributed by atoms with Crippen molar-refractivity contribution in [3.8, 4) is 0 Å². The largest absolute Gasteiger partial charge is 0.480 e. The van der Waals surface area contributed by atoms with Crippen LogP contribution < -0.4 is 0 Å². The lowest BCUT2D eigenvalue weighted by molar-refractivity contribution is -0.440. The molecule has 0 saturated carbocycles. The van der Waals surface area contributed by atoms with Crippen LogP contribution in [0.2, 0.25) is 0 Å². The summed E-state index contributed by atoms with van der Waals surface area (Å²) in [7, 11) is 0. The minimum Gasteiger partial charge on any atom is -0.409 e. The molecular weight excluding hydrogens is 344 g/mol. The van der Waals surface area contributed by atoms with Crippen LogP contribution in [-0.2, 0) is 9.47 Å². The van der Waals surface area contributed by atoms with Gasteiger partial charge in [0, 0.05) is 0 Å². The summed E-state index contributed by atoms with van der Waals surface area (Å²) in [6.07, 6.45) is -16.9. The third-order valence-electron chi connectivity index (χ3n) is 2.14. The van der Waals surface area contributed by atoms with Gasteiger partial charge in [-0.3, -0.25) is 0 Å². The van der Waals surface area contributed by atoms with Gasteiger partial charge in [-0.15, -0.1) is 0 Å². The SMILES string of the molecule is FC(F)=C1OC(F)(F)C(F)(C(F)(F)C(F)(F)C(F)(F)F)O1. The maximum absolute atomic E-state index is 13.3. The number of hydrogen-bond acceptors (Lipinski definition) is 2. The maximum Gasteiger partial charge on any atom is 0.480 e. The standard InChI is InChI=1S/C7F12O2/c8-1(9)2-20-5(14,7(18,19)21-2)3(10,11)4(12,13)6(15,16)17. The summed E-state index contributed by atoms with van der Waals surface area (Å²) in [5, 5.41) is 0. The lowest BCUT2D eigenvalue weighted by Gasteiger charge is -2.35. The third-order valence-corrected chi connectivity index (χ3v) is 2.14. The molecule has 1 aliphatic rings. The van der Waals surface area contributed by atoms with Gasteiger partial charge in [-0.25, -0.2) is 0 Å². The average Bonchev–Trinajstić information content (AvgIpc) is 2.49. The van der Waals surface area contributed by atoms with Crippen molar-refractivity contribution in [2.45, 2.75) is 30.0 Å². The summed E-state index contributed by atoms with van der Waals surface area (Å²) in [6, 6.07) is 0. The second kappa shape index (κ2) is 4.25. The highest BCUT2D eigenvalue weighted by Gasteiger charge is 2.91. The molecule has 0 aromatic heterocycles.